The second-order valence-corrected chi connectivity index (χ2v) is 4.65. The van der Waals surface area contributed by atoms with Crippen molar-refractivity contribution in [3.63, 3.8) is 0 Å². The summed E-state index contributed by atoms with van der Waals surface area (Å²) in [7, 11) is 0. The molecule has 1 aromatic heterocycles. The Morgan fingerprint density at radius 2 is 2.10 bits per heavy atom. The number of hydrogen-bond donors (Lipinski definition) is 3. The van der Waals surface area contributed by atoms with Gasteiger partial charge in [-0.2, -0.15) is 0 Å². The number of nitrogens with one attached hydrogen (secondary N) is 2. The molecule has 2 rings (SSSR count). The summed E-state index contributed by atoms with van der Waals surface area (Å²) in [5, 5.41) is 6.87. The summed E-state index contributed by atoms with van der Waals surface area (Å²) in [4.78, 5) is 8.23. The lowest BCUT2D eigenvalue weighted by Crippen LogP contribution is -2.07. The van der Waals surface area contributed by atoms with Gasteiger partial charge in [-0.25, -0.2) is 9.97 Å². The Morgan fingerprint density at radius 3 is 2.80 bits per heavy atom. The average Bonchev–Trinajstić information content (AvgIpc) is 2.44. The number of nitrogens with zero attached hydrogens (tertiary/aromatic N) is 2. The second-order valence-electron chi connectivity index (χ2n) is 4.24. The summed E-state index contributed by atoms with van der Waals surface area (Å²) in [5.41, 5.74) is 8.31. The summed E-state index contributed by atoms with van der Waals surface area (Å²) in [6.07, 6.45) is 3.17. The fourth-order valence-electron chi connectivity index (χ4n) is 1.61. The first kappa shape index (κ1) is 14.1. The number of aryl methyl sites for hydroxylation is 1. The van der Waals surface area contributed by atoms with Gasteiger partial charge in [-0.15, -0.1) is 6.58 Å². The molecule has 104 valence electrons. The van der Waals surface area contributed by atoms with Gasteiger partial charge in [0, 0.05) is 17.3 Å². The number of aromatic nitrogens is 2. The van der Waals surface area contributed by atoms with Crippen LogP contribution in [0.3, 0.4) is 0 Å². The van der Waals surface area contributed by atoms with Crippen molar-refractivity contribution in [2.75, 3.05) is 22.9 Å². The molecule has 0 spiro atoms. The molecule has 0 radical (unpaired) electrons. The Bertz CT molecular complexity index is 627. The first-order valence-corrected chi connectivity index (χ1v) is 6.48. The van der Waals surface area contributed by atoms with Gasteiger partial charge in [0.2, 0.25) is 0 Å². The number of halogens is 1. The maximum absolute atomic E-state index is 6.09. The molecule has 0 unspecified atom stereocenters. The van der Waals surface area contributed by atoms with Crippen molar-refractivity contribution in [1.82, 2.24) is 9.97 Å². The maximum Gasteiger partial charge on any atom is 0.159 e. The predicted octanol–water partition coefficient (Wildman–Crippen LogP) is 3.36. The molecule has 6 heteroatoms. The van der Waals surface area contributed by atoms with Crippen LogP contribution in [0, 0.1) is 6.92 Å². The minimum Gasteiger partial charge on any atom is -0.393 e. The van der Waals surface area contributed by atoms with Gasteiger partial charge >= 0.3 is 0 Å². The summed E-state index contributed by atoms with van der Waals surface area (Å²) < 4.78 is 0. The highest BCUT2D eigenvalue weighted by atomic mass is 35.5. The zero-order chi connectivity index (χ0) is 14.5. The molecule has 20 heavy (non-hydrogen) atoms. The van der Waals surface area contributed by atoms with Crippen molar-refractivity contribution in [2.45, 2.75) is 6.92 Å². The summed E-state index contributed by atoms with van der Waals surface area (Å²) in [6, 6.07) is 5.67. The molecule has 4 N–H and O–H groups in total. The first-order chi connectivity index (χ1) is 9.61. The van der Waals surface area contributed by atoms with E-state index in [1.807, 2.05) is 25.1 Å². The Labute approximate surface area is 122 Å². The number of rotatable bonds is 5. The van der Waals surface area contributed by atoms with Crippen molar-refractivity contribution in [3.8, 4) is 0 Å². The molecule has 0 saturated carbocycles. The molecular formula is C14H16ClN5. The van der Waals surface area contributed by atoms with Crippen molar-refractivity contribution in [2.24, 2.45) is 0 Å². The third-order valence-corrected chi connectivity index (χ3v) is 3.14. The van der Waals surface area contributed by atoms with Gasteiger partial charge in [0.15, 0.2) is 11.6 Å². The lowest BCUT2D eigenvalue weighted by Gasteiger charge is -2.12. The molecule has 1 aromatic carbocycles. The molecule has 2 aromatic rings. The smallest absolute Gasteiger partial charge is 0.159 e. The minimum atomic E-state index is 0.450. The maximum atomic E-state index is 6.09. The standard InChI is InChI=1S/C14H16ClN5/c1-3-6-17-13-12(16)14(19-8-18-13)20-10-5-4-9(2)11(15)7-10/h3-5,7-8H,1,6,16H2,2H3,(H2,17,18,19,20). The molecule has 5 nitrogen and oxygen atoms in total. The van der Waals surface area contributed by atoms with Gasteiger partial charge in [0.05, 0.1) is 0 Å². The number of nitrogens with two attached hydrogens (primary N) is 1. The molecule has 0 aliphatic heterocycles. The minimum absolute atomic E-state index is 0.450. The highest BCUT2D eigenvalue weighted by molar-refractivity contribution is 6.31. The van der Waals surface area contributed by atoms with E-state index in [4.69, 9.17) is 17.3 Å². The molecule has 1 heterocycles. The van der Waals surface area contributed by atoms with Crippen LogP contribution in [0.4, 0.5) is 23.0 Å². The number of benzene rings is 1. The lowest BCUT2D eigenvalue weighted by molar-refractivity contribution is 1.14. The molecule has 0 bridgehead atoms. The van der Waals surface area contributed by atoms with Gasteiger partial charge in [-0.1, -0.05) is 23.7 Å². The van der Waals surface area contributed by atoms with Gasteiger partial charge in [-0.05, 0) is 24.6 Å². The quantitative estimate of drug-likeness (QED) is 0.736. The van der Waals surface area contributed by atoms with E-state index in [1.165, 1.54) is 6.33 Å². The number of anilines is 4. The Hall–Kier alpha value is -2.27. The first-order valence-electron chi connectivity index (χ1n) is 6.10. The molecule has 0 saturated heterocycles. The highest BCUT2D eigenvalue weighted by Gasteiger charge is 2.08. The SMILES string of the molecule is C=CCNc1ncnc(Nc2ccc(C)c(Cl)c2)c1N. The molecule has 0 amide bonds. The van der Waals surface area contributed by atoms with Crippen LogP contribution in [0.15, 0.2) is 37.2 Å². The third-order valence-electron chi connectivity index (χ3n) is 2.73. The van der Waals surface area contributed by atoms with E-state index in [1.54, 1.807) is 6.08 Å². The zero-order valence-corrected chi connectivity index (χ0v) is 11.9. The van der Waals surface area contributed by atoms with Crippen molar-refractivity contribution < 1.29 is 0 Å². The van der Waals surface area contributed by atoms with Crippen LogP contribution < -0.4 is 16.4 Å². The summed E-state index contributed by atoms with van der Waals surface area (Å²) in [5.74, 6) is 1.10. The van der Waals surface area contributed by atoms with Crippen molar-refractivity contribution in [1.29, 1.82) is 0 Å². The molecule has 0 atom stereocenters. The fourth-order valence-corrected chi connectivity index (χ4v) is 1.79. The largest absolute Gasteiger partial charge is 0.393 e. The Morgan fingerprint density at radius 1 is 1.35 bits per heavy atom. The Kier molecular flexibility index (Phi) is 4.42. The number of hydrogen-bond acceptors (Lipinski definition) is 5. The fraction of sp³-hybridized carbons (Fsp3) is 0.143. The van der Waals surface area contributed by atoms with E-state index in [-0.39, 0.29) is 0 Å². The summed E-state index contributed by atoms with van der Waals surface area (Å²) >= 11 is 6.09. The number of nitrogen functional groups attached to an aromatic ring is 1. The zero-order valence-electron chi connectivity index (χ0n) is 11.2. The van der Waals surface area contributed by atoms with Crippen LogP contribution in [0.5, 0.6) is 0 Å². The monoisotopic (exact) mass is 289 g/mol. The van der Waals surface area contributed by atoms with E-state index >= 15 is 0 Å². The van der Waals surface area contributed by atoms with Crippen LogP contribution in [-0.4, -0.2) is 16.5 Å². The highest BCUT2D eigenvalue weighted by Crippen LogP contribution is 2.27. The van der Waals surface area contributed by atoms with Crippen LogP contribution in [0.25, 0.3) is 0 Å². The Balaban J connectivity index is 2.24. The van der Waals surface area contributed by atoms with E-state index < -0.39 is 0 Å². The topological polar surface area (TPSA) is 75.9 Å². The van der Waals surface area contributed by atoms with E-state index in [0.29, 0.717) is 28.9 Å². The van der Waals surface area contributed by atoms with E-state index in [0.717, 1.165) is 11.3 Å². The second kappa shape index (κ2) is 6.25. The molecule has 0 aliphatic rings. The lowest BCUT2D eigenvalue weighted by atomic mass is 10.2. The molecule has 0 fully saturated rings. The van der Waals surface area contributed by atoms with Crippen LogP contribution in [0.2, 0.25) is 5.02 Å². The van der Waals surface area contributed by atoms with Gasteiger partial charge in [0.1, 0.15) is 12.0 Å². The normalized spacial score (nSPS) is 10.1. The van der Waals surface area contributed by atoms with Crippen LogP contribution in [0.1, 0.15) is 5.56 Å². The van der Waals surface area contributed by atoms with E-state index in [9.17, 15) is 0 Å². The van der Waals surface area contributed by atoms with Crippen molar-refractivity contribution in [3.05, 3.63) is 47.8 Å². The molecule has 0 aliphatic carbocycles. The van der Waals surface area contributed by atoms with Gasteiger partial charge in [-0.3, -0.25) is 0 Å². The van der Waals surface area contributed by atoms with Gasteiger partial charge < -0.3 is 16.4 Å². The molecular weight excluding hydrogens is 274 g/mol. The van der Waals surface area contributed by atoms with Crippen LogP contribution >= 0.6 is 11.6 Å². The van der Waals surface area contributed by atoms with E-state index in [2.05, 4.69) is 27.2 Å². The summed E-state index contributed by atoms with van der Waals surface area (Å²) in [6.45, 7) is 6.16. The van der Waals surface area contributed by atoms with Crippen LogP contribution in [-0.2, 0) is 0 Å². The third kappa shape index (κ3) is 3.19. The predicted molar refractivity (Wildman–Crippen MR) is 84.6 cm³/mol. The van der Waals surface area contributed by atoms with Crippen molar-refractivity contribution >= 4 is 34.6 Å². The van der Waals surface area contributed by atoms with Gasteiger partial charge in [0.25, 0.3) is 0 Å². The average molecular weight is 290 g/mol.